The number of aromatic nitrogens is 1. The molecule has 2 rings (SSSR count). The second kappa shape index (κ2) is 4.80. The van der Waals surface area contributed by atoms with Crippen molar-refractivity contribution in [1.29, 1.82) is 5.26 Å². The Morgan fingerprint density at radius 2 is 2.06 bits per heavy atom. The molecule has 1 heterocycles. The van der Waals surface area contributed by atoms with Gasteiger partial charge in [-0.1, -0.05) is 12.1 Å². The summed E-state index contributed by atoms with van der Waals surface area (Å²) in [5.41, 5.74) is 0.991. The van der Waals surface area contributed by atoms with Gasteiger partial charge in [-0.05, 0) is 12.1 Å². The van der Waals surface area contributed by atoms with Gasteiger partial charge in [-0.15, -0.1) is 0 Å². The fourth-order valence-electron chi connectivity index (χ4n) is 1.62. The normalized spacial score (nSPS) is 9.89. The number of benzene rings is 1. The average molecular weight is 243 g/mol. The van der Waals surface area contributed by atoms with Gasteiger partial charge in [-0.25, -0.2) is 0 Å². The quantitative estimate of drug-likeness (QED) is 0.827. The van der Waals surface area contributed by atoms with Crippen LogP contribution in [0.3, 0.4) is 0 Å². The lowest BCUT2D eigenvalue weighted by Crippen LogP contribution is -2.08. The van der Waals surface area contributed by atoms with Crippen molar-refractivity contribution in [3.05, 3.63) is 30.0 Å². The summed E-state index contributed by atoms with van der Waals surface area (Å²) in [6, 6.07) is 9.41. The van der Waals surface area contributed by atoms with E-state index in [1.165, 1.54) is 0 Å². The van der Waals surface area contributed by atoms with Gasteiger partial charge in [0.25, 0.3) is 0 Å². The molecule has 0 saturated heterocycles. The molecule has 0 atom stereocenters. The third-order valence-corrected chi connectivity index (χ3v) is 2.46. The number of rotatable bonds is 3. The first-order chi connectivity index (χ1) is 8.67. The number of ether oxygens (including phenoxy) is 1. The summed E-state index contributed by atoms with van der Waals surface area (Å²) in [7, 11) is 5.18. The van der Waals surface area contributed by atoms with E-state index in [0.29, 0.717) is 17.5 Å². The van der Waals surface area contributed by atoms with Crippen LogP contribution in [-0.2, 0) is 0 Å². The van der Waals surface area contributed by atoms with E-state index in [9.17, 15) is 0 Å². The Bertz CT molecular complexity index is 597. The predicted octanol–water partition coefficient (Wildman–Crippen LogP) is 2.29. The summed E-state index contributed by atoms with van der Waals surface area (Å²) in [4.78, 5) is 5.89. The van der Waals surface area contributed by atoms with Crippen molar-refractivity contribution < 1.29 is 9.15 Å². The number of para-hydroxylation sites is 1. The van der Waals surface area contributed by atoms with Crippen molar-refractivity contribution in [3.8, 4) is 23.3 Å². The lowest BCUT2D eigenvalue weighted by atomic mass is 10.2. The SMILES string of the molecule is COc1ccccc1-c1nc(C#N)c(N(C)C)o1. The van der Waals surface area contributed by atoms with E-state index >= 15 is 0 Å². The molecule has 0 bridgehead atoms. The zero-order chi connectivity index (χ0) is 13.1. The molecular weight excluding hydrogens is 230 g/mol. The fraction of sp³-hybridized carbons (Fsp3) is 0.231. The number of methoxy groups -OCH3 is 1. The molecule has 0 aliphatic carbocycles. The third-order valence-electron chi connectivity index (χ3n) is 2.46. The van der Waals surface area contributed by atoms with Crippen molar-refractivity contribution in [2.45, 2.75) is 0 Å². The highest BCUT2D eigenvalue weighted by Crippen LogP contribution is 2.32. The molecular formula is C13H13N3O2. The molecule has 5 nitrogen and oxygen atoms in total. The van der Waals surface area contributed by atoms with Crippen LogP contribution in [0.2, 0.25) is 0 Å². The van der Waals surface area contributed by atoms with Crippen molar-refractivity contribution in [1.82, 2.24) is 4.98 Å². The molecule has 0 saturated carbocycles. The maximum Gasteiger partial charge on any atom is 0.234 e. The summed E-state index contributed by atoms with van der Waals surface area (Å²) in [5.74, 6) is 1.49. The topological polar surface area (TPSA) is 62.3 Å². The Kier molecular flexibility index (Phi) is 3.20. The average Bonchev–Trinajstić information content (AvgIpc) is 2.82. The maximum atomic E-state index is 9.02. The molecule has 18 heavy (non-hydrogen) atoms. The first kappa shape index (κ1) is 12.0. The van der Waals surface area contributed by atoms with Crippen LogP contribution in [0.4, 0.5) is 5.88 Å². The molecule has 0 amide bonds. The van der Waals surface area contributed by atoms with Crippen LogP contribution in [-0.4, -0.2) is 26.2 Å². The van der Waals surface area contributed by atoms with Crippen LogP contribution in [0.15, 0.2) is 28.7 Å². The first-order valence-corrected chi connectivity index (χ1v) is 5.39. The van der Waals surface area contributed by atoms with Crippen molar-refractivity contribution in [2.75, 3.05) is 26.1 Å². The standard InChI is InChI=1S/C13H13N3O2/c1-16(2)13-10(8-14)15-12(18-13)9-6-4-5-7-11(9)17-3/h4-7H,1-3H3. The lowest BCUT2D eigenvalue weighted by molar-refractivity contribution is 0.414. The summed E-state index contributed by atoms with van der Waals surface area (Å²) in [6.07, 6.45) is 0. The third kappa shape index (κ3) is 2.00. The van der Waals surface area contributed by atoms with E-state index in [1.807, 2.05) is 30.3 Å². The van der Waals surface area contributed by atoms with Gasteiger partial charge in [0.2, 0.25) is 17.5 Å². The number of hydrogen-bond acceptors (Lipinski definition) is 5. The summed E-state index contributed by atoms with van der Waals surface area (Å²) in [5, 5.41) is 9.02. The highest BCUT2D eigenvalue weighted by atomic mass is 16.5. The highest BCUT2D eigenvalue weighted by molar-refractivity contribution is 5.65. The number of anilines is 1. The van der Waals surface area contributed by atoms with E-state index in [-0.39, 0.29) is 5.69 Å². The highest BCUT2D eigenvalue weighted by Gasteiger charge is 2.18. The molecule has 0 N–H and O–H groups in total. The van der Waals surface area contributed by atoms with Crippen LogP contribution in [0.25, 0.3) is 11.5 Å². The molecule has 0 radical (unpaired) electrons. The summed E-state index contributed by atoms with van der Waals surface area (Å²) in [6.45, 7) is 0. The Morgan fingerprint density at radius 3 is 2.61 bits per heavy atom. The molecule has 0 fully saturated rings. The van der Waals surface area contributed by atoms with E-state index in [1.54, 1.807) is 26.1 Å². The molecule has 5 heteroatoms. The summed E-state index contributed by atoms with van der Waals surface area (Å²) >= 11 is 0. The molecule has 2 aromatic rings. The number of oxazole rings is 1. The minimum absolute atomic E-state index is 0.265. The number of nitriles is 1. The Balaban J connectivity index is 2.55. The van der Waals surface area contributed by atoms with Crippen molar-refractivity contribution in [2.24, 2.45) is 0 Å². The monoisotopic (exact) mass is 243 g/mol. The minimum Gasteiger partial charge on any atom is -0.496 e. The van der Waals surface area contributed by atoms with E-state index in [4.69, 9.17) is 14.4 Å². The van der Waals surface area contributed by atoms with Crippen LogP contribution in [0, 0.1) is 11.3 Å². The van der Waals surface area contributed by atoms with Gasteiger partial charge < -0.3 is 14.1 Å². The molecule has 0 aliphatic rings. The van der Waals surface area contributed by atoms with E-state index in [0.717, 1.165) is 5.56 Å². The van der Waals surface area contributed by atoms with Gasteiger partial charge in [-0.3, -0.25) is 0 Å². The van der Waals surface area contributed by atoms with Gasteiger partial charge in [0.05, 0.1) is 12.7 Å². The van der Waals surface area contributed by atoms with Crippen LogP contribution < -0.4 is 9.64 Å². The minimum atomic E-state index is 0.265. The number of nitrogens with zero attached hydrogens (tertiary/aromatic N) is 3. The molecule has 0 aliphatic heterocycles. The zero-order valence-corrected chi connectivity index (χ0v) is 10.5. The second-order valence-electron chi connectivity index (χ2n) is 3.88. The van der Waals surface area contributed by atoms with Crippen LogP contribution in [0.1, 0.15) is 5.69 Å². The predicted molar refractivity (Wildman–Crippen MR) is 67.5 cm³/mol. The van der Waals surface area contributed by atoms with Crippen LogP contribution in [0.5, 0.6) is 5.75 Å². The van der Waals surface area contributed by atoms with Gasteiger partial charge in [0.15, 0.2) is 0 Å². The first-order valence-electron chi connectivity index (χ1n) is 5.39. The number of hydrogen-bond donors (Lipinski definition) is 0. The van der Waals surface area contributed by atoms with Crippen LogP contribution >= 0.6 is 0 Å². The second-order valence-corrected chi connectivity index (χ2v) is 3.88. The van der Waals surface area contributed by atoms with E-state index in [2.05, 4.69) is 4.98 Å². The maximum absolute atomic E-state index is 9.02. The van der Waals surface area contributed by atoms with Gasteiger partial charge in [-0.2, -0.15) is 10.2 Å². The largest absolute Gasteiger partial charge is 0.496 e. The molecule has 1 aromatic carbocycles. The Labute approximate surface area is 105 Å². The Morgan fingerprint density at radius 1 is 1.33 bits per heavy atom. The zero-order valence-electron chi connectivity index (χ0n) is 10.5. The summed E-state index contributed by atoms with van der Waals surface area (Å²) < 4.78 is 10.9. The molecule has 1 aromatic heterocycles. The molecule has 0 unspecified atom stereocenters. The van der Waals surface area contributed by atoms with Gasteiger partial charge in [0, 0.05) is 14.1 Å². The Hall–Kier alpha value is -2.48. The molecule has 0 spiro atoms. The lowest BCUT2D eigenvalue weighted by Gasteiger charge is -2.07. The van der Waals surface area contributed by atoms with Crippen molar-refractivity contribution in [3.63, 3.8) is 0 Å². The van der Waals surface area contributed by atoms with Gasteiger partial charge >= 0.3 is 0 Å². The fourth-order valence-corrected chi connectivity index (χ4v) is 1.62. The smallest absolute Gasteiger partial charge is 0.234 e. The van der Waals surface area contributed by atoms with Gasteiger partial charge in [0.1, 0.15) is 11.8 Å². The molecule has 92 valence electrons. The van der Waals surface area contributed by atoms with E-state index < -0.39 is 0 Å². The van der Waals surface area contributed by atoms with Crippen molar-refractivity contribution >= 4 is 5.88 Å².